The number of esters is 1. The molecule has 0 aromatic carbocycles. The van der Waals surface area contributed by atoms with Crippen LogP contribution in [0.1, 0.15) is 51.9 Å². The number of hydrogen-bond donors (Lipinski definition) is 1. The zero-order valence-corrected chi connectivity index (χ0v) is 15.1. The van der Waals surface area contributed by atoms with Gasteiger partial charge in [-0.05, 0) is 38.5 Å². The molecule has 0 radical (unpaired) electrons. The van der Waals surface area contributed by atoms with Crippen molar-refractivity contribution < 1.29 is 14.6 Å². The number of ether oxygens (including phenoxy) is 1. The first kappa shape index (κ1) is 22.1. The van der Waals surface area contributed by atoms with Crippen molar-refractivity contribution in [2.45, 2.75) is 58.0 Å². The molecule has 0 saturated heterocycles. The van der Waals surface area contributed by atoms with Gasteiger partial charge in [0.25, 0.3) is 0 Å². The first-order valence-electron chi connectivity index (χ1n) is 8.73. The zero-order valence-electron chi connectivity index (χ0n) is 15.1. The molecule has 0 rings (SSSR count). The van der Waals surface area contributed by atoms with Crippen LogP contribution in [0.5, 0.6) is 0 Å². The first-order valence-corrected chi connectivity index (χ1v) is 8.73. The van der Waals surface area contributed by atoms with E-state index in [4.69, 9.17) is 0 Å². The first-order chi connectivity index (χ1) is 11.7. The summed E-state index contributed by atoms with van der Waals surface area (Å²) in [6.45, 7) is 1.95. The standard InChI is InChI=1S/C21H32O3/c1-3-20(22)18-16-14-12-10-8-6-4-5-7-9-11-13-15-17-19-21(23)24-2/h5-8,11-14,16,18,20,22H,3-4,9-10,15,17,19H2,1-2H3/b7-5-,8-6-,13-11-,14-12-,18-16+/t20-/m0/s1. The number of aliphatic hydroxyl groups is 1. The van der Waals surface area contributed by atoms with Gasteiger partial charge in [-0.1, -0.05) is 67.7 Å². The van der Waals surface area contributed by atoms with E-state index in [1.807, 2.05) is 19.1 Å². The number of unbranched alkanes of at least 4 members (excludes halogenated alkanes) is 1. The lowest BCUT2D eigenvalue weighted by Crippen LogP contribution is -1.98. The van der Waals surface area contributed by atoms with Crippen LogP contribution in [0.2, 0.25) is 0 Å². The highest BCUT2D eigenvalue weighted by Crippen LogP contribution is 2.00. The second-order valence-electron chi connectivity index (χ2n) is 5.38. The molecule has 0 unspecified atom stereocenters. The topological polar surface area (TPSA) is 46.5 Å². The fraction of sp³-hybridized carbons (Fsp3) is 0.476. The molecule has 0 bridgehead atoms. The Kier molecular flexibility index (Phi) is 16.1. The Balaban J connectivity index is 3.56. The summed E-state index contributed by atoms with van der Waals surface area (Å²) in [6.07, 6.45) is 25.9. The molecule has 0 aliphatic heterocycles. The molecule has 0 heterocycles. The van der Waals surface area contributed by atoms with E-state index < -0.39 is 0 Å². The van der Waals surface area contributed by atoms with Gasteiger partial charge in [0.2, 0.25) is 0 Å². The van der Waals surface area contributed by atoms with E-state index >= 15 is 0 Å². The number of allylic oxidation sites excluding steroid dienone is 9. The van der Waals surface area contributed by atoms with Crippen LogP contribution in [0.3, 0.4) is 0 Å². The van der Waals surface area contributed by atoms with E-state index in [1.54, 1.807) is 6.08 Å². The lowest BCUT2D eigenvalue weighted by molar-refractivity contribution is -0.140. The third-order valence-corrected chi connectivity index (χ3v) is 3.29. The Bertz CT molecular complexity index is 442. The molecule has 1 atom stereocenters. The molecule has 3 heteroatoms. The molecule has 0 aromatic rings. The van der Waals surface area contributed by atoms with Crippen LogP contribution in [-0.2, 0) is 9.53 Å². The van der Waals surface area contributed by atoms with Crippen molar-refractivity contribution in [2.75, 3.05) is 7.11 Å². The minimum absolute atomic E-state index is 0.139. The minimum Gasteiger partial charge on any atom is -0.469 e. The summed E-state index contributed by atoms with van der Waals surface area (Å²) in [5, 5.41) is 9.33. The average Bonchev–Trinajstić information content (AvgIpc) is 2.60. The normalized spacial score (nSPS) is 14.0. The highest BCUT2D eigenvalue weighted by atomic mass is 16.5. The summed E-state index contributed by atoms with van der Waals surface area (Å²) >= 11 is 0. The van der Waals surface area contributed by atoms with Crippen molar-refractivity contribution >= 4 is 5.97 Å². The SMILES string of the molecule is CC[C@H](O)/C=C/C=C\C/C=C\C/C=C\C/C=C\CCCC(=O)OC. The number of carbonyl (C=O) groups is 1. The Morgan fingerprint density at radius 2 is 1.54 bits per heavy atom. The van der Waals surface area contributed by atoms with Crippen molar-refractivity contribution in [2.24, 2.45) is 0 Å². The molecule has 0 fully saturated rings. The molecular weight excluding hydrogens is 300 g/mol. The summed E-state index contributed by atoms with van der Waals surface area (Å²) in [6, 6.07) is 0. The van der Waals surface area contributed by atoms with Crippen molar-refractivity contribution in [1.82, 2.24) is 0 Å². The summed E-state index contributed by atoms with van der Waals surface area (Å²) in [7, 11) is 1.42. The Morgan fingerprint density at radius 3 is 2.12 bits per heavy atom. The van der Waals surface area contributed by atoms with Gasteiger partial charge in [0, 0.05) is 6.42 Å². The van der Waals surface area contributed by atoms with Crippen LogP contribution in [0.4, 0.5) is 0 Å². The van der Waals surface area contributed by atoms with Crippen molar-refractivity contribution in [3.63, 3.8) is 0 Å². The van der Waals surface area contributed by atoms with Crippen LogP contribution < -0.4 is 0 Å². The third-order valence-electron chi connectivity index (χ3n) is 3.29. The van der Waals surface area contributed by atoms with E-state index in [9.17, 15) is 9.90 Å². The minimum atomic E-state index is -0.336. The lowest BCUT2D eigenvalue weighted by atomic mass is 10.2. The quantitative estimate of drug-likeness (QED) is 0.222. The molecular formula is C21H32O3. The van der Waals surface area contributed by atoms with Crippen LogP contribution in [0.25, 0.3) is 0 Å². The third kappa shape index (κ3) is 16.5. The molecule has 0 aliphatic carbocycles. The van der Waals surface area contributed by atoms with Gasteiger partial charge in [-0.15, -0.1) is 0 Å². The van der Waals surface area contributed by atoms with Gasteiger partial charge in [-0.25, -0.2) is 0 Å². The zero-order chi connectivity index (χ0) is 17.9. The van der Waals surface area contributed by atoms with Gasteiger partial charge in [-0.2, -0.15) is 0 Å². The second-order valence-corrected chi connectivity index (χ2v) is 5.38. The fourth-order valence-electron chi connectivity index (χ4n) is 1.79. The van der Waals surface area contributed by atoms with Crippen molar-refractivity contribution in [3.8, 4) is 0 Å². The molecule has 1 N–H and O–H groups in total. The second kappa shape index (κ2) is 17.5. The van der Waals surface area contributed by atoms with Crippen LogP contribution >= 0.6 is 0 Å². The van der Waals surface area contributed by atoms with Crippen molar-refractivity contribution in [1.29, 1.82) is 0 Å². The number of carbonyl (C=O) groups excluding carboxylic acids is 1. The maximum absolute atomic E-state index is 10.9. The molecule has 0 amide bonds. The Labute approximate surface area is 147 Å². The molecule has 0 aliphatic rings. The maximum atomic E-state index is 10.9. The summed E-state index contributed by atoms with van der Waals surface area (Å²) in [5.74, 6) is -0.139. The van der Waals surface area contributed by atoms with E-state index in [2.05, 4.69) is 47.3 Å². The molecule has 24 heavy (non-hydrogen) atoms. The molecule has 0 spiro atoms. The number of aliphatic hydroxyl groups excluding tert-OH is 1. The molecule has 0 saturated carbocycles. The number of rotatable bonds is 13. The van der Waals surface area contributed by atoms with Gasteiger partial charge in [0.05, 0.1) is 13.2 Å². The van der Waals surface area contributed by atoms with E-state index in [-0.39, 0.29) is 12.1 Å². The average molecular weight is 332 g/mol. The Hall–Kier alpha value is -1.87. The Morgan fingerprint density at radius 1 is 0.958 bits per heavy atom. The van der Waals surface area contributed by atoms with Gasteiger partial charge in [-0.3, -0.25) is 4.79 Å². The van der Waals surface area contributed by atoms with E-state index in [1.165, 1.54) is 7.11 Å². The monoisotopic (exact) mass is 332 g/mol. The van der Waals surface area contributed by atoms with Gasteiger partial charge in [0.15, 0.2) is 0 Å². The molecule has 0 aromatic heterocycles. The summed E-state index contributed by atoms with van der Waals surface area (Å²) < 4.78 is 4.59. The van der Waals surface area contributed by atoms with Gasteiger partial charge >= 0.3 is 5.97 Å². The maximum Gasteiger partial charge on any atom is 0.305 e. The molecule has 134 valence electrons. The predicted molar refractivity (Wildman–Crippen MR) is 102 cm³/mol. The highest BCUT2D eigenvalue weighted by Gasteiger charge is 1.96. The smallest absolute Gasteiger partial charge is 0.305 e. The van der Waals surface area contributed by atoms with Crippen molar-refractivity contribution in [3.05, 3.63) is 60.8 Å². The van der Waals surface area contributed by atoms with Crippen LogP contribution in [0.15, 0.2) is 60.8 Å². The van der Waals surface area contributed by atoms with Gasteiger partial charge in [0.1, 0.15) is 0 Å². The number of methoxy groups -OCH3 is 1. The fourth-order valence-corrected chi connectivity index (χ4v) is 1.79. The molecule has 3 nitrogen and oxygen atoms in total. The highest BCUT2D eigenvalue weighted by molar-refractivity contribution is 5.69. The number of hydrogen-bond acceptors (Lipinski definition) is 3. The van der Waals surface area contributed by atoms with Crippen LogP contribution in [0, 0.1) is 0 Å². The predicted octanol–water partition coefficient (Wildman–Crippen LogP) is 5.05. The van der Waals surface area contributed by atoms with Gasteiger partial charge < -0.3 is 9.84 Å². The largest absolute Gasteiger partial charge is 0.469 e. The van der Waals surface area contributed by atoms with E-state index in [0.717, 1.165) is 38.5 Å². The van der Waals surface area contributed by atoms with E-state index in [0.29, 0.717) is 6.42 Å². The summed E-state index contributed by atoms with van der Waals surface area (Å²) in [4.78, 5) is 10.9. The van der Waals surface area contributed by atoms with Crippen LogP contribution in [-0.4, -0.2) is 24.3 Å². The summed E-state index contributed by atoms with van der Waals surface area (Å²) in [5.41, 5.74) is 0. The lowest BCUT2D eigenvalue weighted by Gasteiger charge is -1.96.